The van der Waals surface area contributed by atoms with Gasteiger partial charge in [-0.1, -0.05) is 48.0 Å². The Kier molecular flexibility index (Phi) is 9.16. The van der Waals surface area contributed by atoms with Gasteiger partial charge in [0, 0.05) is 30.7 Å². The normalized spacial score (nSPS) is 13.1. The van der Waals surface area contributed by atoms with Crippen molar-refractivity contribution in [2.24, 2.45) is 0 Å². The monoisotopic (exact) mass is 357 g/mol. The number of hydrogen-bond donors (Lipinski definition) is 1. The van der Waals surface area contributed by atoms with Crippen LogP contribution in [-0.4, -0.2) is 42.9 Å². The summed E-state index contributed by atoms with van der Waals surface area (Å²) in [5, 5.41) is 10.4. The first-order valence-electron chi connectivity index (χ1n) is 7.79. The SMILES string of the molecule is CCC(CC)N(CCOC)CCC(O)c1ccccc1Br. The predicted octanol–water partition coefficient (Wildman–Crippen LogP) is 4.01. The van der Waals surface area contributed by atoms with Crippen LogP contribution in [0.5, 0.6) is 0 Å². The van der Waals surface area contributed by atoms with Crippen LogP contribution in [0.1, 0.15) is 44.8 Å². The van der Waals surface area contributed by atoms with E-state index < -0.39 is 6.10 Å². The topological polar surface area (TPSA) is 32.7 Å². The molecule has 1 rings (SSSR count). The summed E-state index contributed by atoms with van der Waals surface area (Å²) in [6.07, 6.45) is 2.57. The van der Waals surface area contributed by atoms with Crippen LogP contribution < -0.4 is 0 Å². The zero-order chi connectivity index (χ0) is 15.7. The minimum absolute atomic E-state index is 0.431. The van der Waals surface area contributed by atoms with Crippen molar-refractivity contribution in [1.29, 1.82) is 0 Å². The van der Waals surface area contributed by atoms with E-state index in [0.29, 0.717) is 6.04 Å². The van der Waals surface area contributed by atoms with Gasteiger partial charge in [-0.15, -0.1) is 0 Å². The maximum absolute atomic E-state index is 10.4. The molecule has 0 radical (unpaired) electrons. The van der Waals surface area contributed by atoms with Crippen LogP contribution in [0.25, 0.3) is 0 Å². The maximum Gasteiger partial charge on any atom is 0.0813 e. The molecule has 21 heavy (non-hydrogen) atoms. The first-order valence-corrected chi connectivity index (χ1v) is 8.58. The number of benzene rings is 1. The lowest BCUT2D eigenvalue weighted by molar-refractivity contribution is 0.0902. The van der Waals surface area contributed by atoms with E-state index >= 15 is 0 Å². The smallest absolute Gasteiger partial charge is 0.0813 e. The van der Waals surface area contributed by atoms with Crippen molar-refractivity contribution in [2.75, 3.05) is 26.8 Å². The number of nitrogens with zero attached hydrogens (tertiary/aromatic N) is 1. The molecule has 3 nitrogen and oxygen atoms in total. The van der Waals surface area contributed by atoms with Gasteiger partial charge in [-0.25, -0.2) is 0 Å². The molecule has 0 amide bonds. The van der Waals surface area contributed by atoms with E-state index in [0.717, 1.165) is 49.0 Å². The second kappa shape index (κ2) is 10.3. The molecule has 1 atom stereocenters. The van der Waals surface area contributed by atoms with Gasteiger partial charge in [0.15, 0.2) is 0 Å². The molecule has 0 aliphatic heterocycles. The van der Waals surface area contributed by atoms with Crippen molar-refractivity contribution >= 4 is 15.9 Å². The van der Waals surface area contributed by atoms with Crippen molar-refractivity contribution in [2.45, 2.75) is 45.3 Å². The highest BCUT2D eigenvalue weighted by Gasteiger charge is 2.17. The third-order valence-electron chi connectivity index (χ3n) is 4.00. The van der Waals surface area contributed by atoms with Gasteiger partial charge in [0.1, 0.15) is 0 Å². The average Bonchev–Trinajstić information content (AvgIpc) is 2.50. The number of methoxy groups -OCH3 is 1. The molecule has 0 fully saturated rings. The van der Waals surface area contributed by atoms with Crippen LogP contribution in [-0.2, 0) is 4.74 Å². The molecule has 0 saturated heterocycles. The molecule has 0 aliphatic carbocycles. The van der Waals surface area contributed by atoms with Gasteiger partial charge in [-0.3, -0.25) is 4.90 Å². The molecular formula is C17H28BrNO2. The van der Waals surface area contributed by atoms with Crippen molar-refractivity contribution in [3.05, 3.63) is 34.3 Å². The van der Waals surface area contributed by atoms with E-state index in [1.165, 1.54) is 0 Å². The summed E-state index contributed by atoms with van der Waals surface area (Å²) >= 11 is 3.51. The van der Waals surface area contributed by atoms with Crippen LogP contribution in [0.4, 0.5) is 0 Å². The Bertz CT molecular complexity index is 396. The largest absolute Gasteiger partial charge is 0.388 e. The first-order chi connectivity index (χ1) is 10.1. The van der Waals surface area contributed by atoms with Gasteiger partial charge >= 0.3 is 0 Å². The lowest BCUT2D eigenvalue weighted by Crippen LogP contribution is -2.38. The zero-order valence-corrected chi connectivity index (χ0v) is 15.0. The number of hydrogen-bond acceptors (Lipinski definition) is 3. The molecule has 120 valence electrons. The summed E-state index contributed by atoms with van der Waals surface area (Å²) in [7, 11) is 1.74. The van der Waals surface area contributed by atoms with Crippen molar-refractivity contribution in [3.8, 4) is 0 Å². The fourth-order valence-corrected chi connectivity index (χ4v) is 3.23. The molecule has 1 unspecified atom stereocenters. The zero-order valence-electron chi connectivity index (χ0n) is 13.4. The summed E-state index contributed by atoms with van der Waals surface area (Å²) in [5.74, 6) is 0. The Morgan fingerprint density at radius 3 is 2.43 bits per heavy atom. The number of aliphatic hydroxyl groups excluding tert-OH is 1. The van der Waals surface area contributed by atoms with Crippen LogP contribution in [0.2, 0.25) is 0 Å². The molecule has 1 aromatic carbocycles. The van der Waals surface area contributed by atoms with Crippen molar-refractivity contribution < 1.29 is 9.84 Å². The number of halogens is 1. The quantitative estimate of drug-likeness (QED) is 0.686. The van der Waals surface area contributed by atoms with E-state index in [9.17, 15) is 5.11 Å². The molecular weight excluding hydrogens is 330 g/mol. The number of rotatable bonds is 10. The van der Waals surface area contributed by atoms with Crippen LogP contribution in [0.3, 0.4) is 0 Å². The Balaban J connectivity index is 2.61. The Hall–Kier alpha value is -0.420. The van der Waals surface area contributed by atoms with E-state index in [1.54, 1.807) is 7.11 Å². The summed E-state index contributed by atoms with van der Waals surface area (Å²) in [4.78, 5) is 2.43. The van der Waals surface area contributed by atoms with Crippen LogP contribution in [0.15, 0.2) is 28.7 Å². The molecule has 1 N–H and O–H groups in total. The molecule has 1 aromatic rings. The Morgan fingerprint density at radius 2 is 1.86 bits per heavy atom. The predicted molar refractivity (Wildman–Crippen MR) is 91.5 cm³/mol. The second-order valence-electron chi connectivity index (χ2n) is 5.33. The van der Waals surface area contributed by atoms with Crippen molar-refractivity contribution in [1.82, 2.24) is 4.90 Å². The van der Waals surface area contributed by atoms with Gasteiger partial charge in [0.25, 0.3) is 0 Å². The minimum Gasteiger partial charge on any atom is -0.388 e. The standard InChI is InChI=1S/C17H28BrNO2/c1-4-14(5-2)19(12-13-21-3)11-10-17(20)15-8-6-7-9-16(15)18/h6-9,14,17,20H,4-5,10-13H2,1-3H3. The first kappa shape index (κ1) is 18.6. The van der Waals surface area contributed by atoms with E-state index in [2.05, 4.69) is 34.7 Å². The van der Waals surface area contributed by atoms with Gasteiger partial charge in [-0.2, -0.15) is 0 Å². The molecule has 0 spiro atoms. The highest BCUT2D eigenvalue weighted by molar-refractivity contribution is 9.10. The second-order valence-corrected chi connectivity index (χ2v) is 6.18. The maximum atomic E-state index is 10.4. The van der Waals surface area contributed by atoms with Crippen LogP contribution >= 0.6 is 15.9 Å². The Morgan fingerprint density at radius 1 is 1.19 bits per heavy atom. The lowest BCUT2D eigenvalue weighted by atomic mass is 10.0. The average molecular weight is 358 g/mol. The molecule has 0 saturated carbocycles. The molecule has 0 aromatic heterocycles. The summed E-state index contributed by atoms with van der Waals surface area (Å²) in [5.41, 5.74) is 0.966. The molecule has 0 bridgehead atoms. The van der Waals surface area contributed by atoms with Gasteiger partial charge in [0.2, 0.25) is 0 Å². The third-order valence-corrected chi connectivity index (χ3v) is 4.72. The number of aliphatic hydroxyl groups is 1. The molecule has 0 heterocycles. The van der Waals surface area contributed by atoms with Gasteiger partial charge < -0.3 is 9.84 Å². The Labute approximate surface area is 137 Å². The highest BCUT2D eigenvalue weighted by atomic mass is 79.9. The fraction of sp³-hybridized carbons (Fsp3) is 0.647. The van der Waals surface area contributed by atoms with Gasteiger partial charge in [-0.05, 0) is 30.9 Å². The summed E-state index contributed by atoms with van der Waals surface area (Å²) in [6, 6.07) is 8.45. The molecule has 4 heteroatoms. The van der Waals surface area contributed by atoms with Gasteiger partial charge in [0.05, 0.1) is 12.7 Å². The van der Waals surface area contributed by atoms with Crippen LogP contribution in [0, 0.1) is 0 Å². The highest BCUT2D eigenvalue weighted by Crippen LogP contribution is 2.25. The van der Waals surface area contributed by atoms with E-state index in [-0.39, 0.29) is 0 Å². The van der Waals surface area contributed by atoms with E-state index in [4.69, 9.17) is 4.74 Å². The van der Waals surface area contributed by atoms with Crippen molar-refractivity contribution in [3.63, 3.8) is 0 Å². The fourth-order valence-electron chi connectivity index (χ4n) is 2.68. The van der Waals surface area contributed by atoms with E-state index in [1.807, 2.05) is 24.3 Å². The minimum atomic E-state index is -0.431. The third kappa shape index (κ3) is 6.07. The summed E-state index contributed by atoms with van der Waals surface area (Å²) in [6.45, 7) is 6.99. The molecule has 0 aliphatic rings. The lowest BCUT2D eigenvalue weighted by Gasteiger charge is -2.31. The number of ether oxygens (including phenoxy) is 1. The summed E-state index contributed by atoms with van der Waals surface area (Å²) < 4.78 is 6.19.